The summed E-state index contributed by atoms with van der Waals surface area (Å²) in [4.78, 5) is 13.6. The van der Waals surface area contributed by atoms with Crippen LogP contribution in [0.3, 0.4) is 0 Å². The highest BCUT2D eigenvalue weighted by atomic mass is 35.5. The minimum Gasteiger partial charge on any atom is -0.273 e. The van der Waals surface area contributed by atoms with E-state index in [4.69, 9.17) is 23.2 Å². The number of halogens is 2. The number of sulfonamides is 1. The molecule has 1 aromatic carbocycles. The average molecular weight is 365 g/mol. The third-order valence-corrected chi connectivity index (χ3v) is 5.53. The Morgan fingerprint density at radius 3 is 2.33 bits per heavy atom. The second kappa shape index (κ2) is 6.33. The molecule has 2 rings (SSSR count). The summed E-state index contributed by atoms with van der Waals surface area (Å²) in [6, 6.07) is 7.90. The summed E-state index contributed by atoms with van der Waals surface area (Å²) in [6.45, 7) is 1.88. The first-order valence-corrected chi connectivity index (χ1v) is 8.69. The van der Waals surface area contributed by atoms with Gasteiger partial charge in [0.05, 0.1) is 4.34 Å². The zero-order chi connectivity index (χ0) is 15.6. The van der Waals surface area contributed by atoms with Gasteiger partial charge in [-0.3, -0.25) is 10.2 Å². The average Bonchev–Trinajstić information content (AvgIpc) is 2.77. The lowest BCUT2D eigenvalue weighted by molar-refractivity contribution is 0.0945. The van der Waals surface area contributed by atoms with Gasteiger partial charge in [0.2, 0.25) is 0 Å². The number of hydrogen-bond acceptors (Lipinski definition) is 4. The van der Waals surface area contributed by atoms with E-state index in [0.29, 0.717) is 5.56 Å². The Morgan fingerprint density at radius 2 is 1.81 bits per heavy atom. The van der Waals surface area contributed by atoms with Gasteiger partial charge in [0.15, 0.2) is 0 Å². The third kappa shape index (κ3) is 3.96. The zero-order valence-electron chi connectivity index (χ0n) is 10.7. The van der Waals surface area contributed by atoms with E-state index in [-0.39, 0.29) is 13.6 Å². The van der Waals surface area contributed by atoms with Gasteiger partial charge in [-0.1, -0.05) is 40.9 Å². The lowest BCUT2D eigenvalue weighted by Gasteiger charge is -2.07. The van der Waals surface area contributed by atoms with E-state index in [1.54, 1.807) is 24.3 Å². The van der Waals surface area contributed by atoms with Gasteiger partial charge in [0.1, 0.15) is 9.23 Å². The zero-order valence-corrected chi connectivity index (χ0v) is 13.8. The van der Waals surface area contributed by atoms with E-state index in [2.05, 4.69) is 5.43 Å². The van der Waals surface area contributed by atoms with Crippen molar-refractivity contribution in [2.45, 2.75) is 11.8 Å². The van der Waals surface area contributed by atoms with Crippen molar-refractivity contribution in [3.8, 4) is 0 Å². The molecule has 0 saturated carbocycles. The van der Waals surface area contributed by atoms with E-state index in [1.807, 2.05) is 11.8 Å². The van der Waals surface area contributed by atoms with Crippen molar-refractivity contribution in [3.63, 3.8) is 0 Å². The van der Waals surface area contributed by atoms with Gasteiger partial charge < -0.3 is 0 Å². The molecular weight excluding hydrogens is 355 g/mol. The van der Waals surface area contributed by atoms with Crippen LogP contribution in [0.1, 0.15) is 15.9 Å². The maximum Gasteiger partial charge on any atom is 0.266 e. The largest absolute Gasteiger partial charge is 0.273 e. The van der Waals surface area contributed by atoms with E-state index in [1.165, 1.54) is 6.07 Å². The van der Waals surface area contributed by atoms with Gasteiger partial charge in [-0.25, -0.2) is 8.42 Å². The quantitative estimate of drug-likeness (QED) is 0.818. The highest BCUT2D eigenvalue weighted by molar-refractivity contribution is 7.89. The predicted octanol–water partition coefficient (Wildman–Crippen LogP) is 2.99. The van der Waals surface area contributed by atoms with Crippen LogP contribution in [-0.2, 0) is 10.0 Å². The smallest absolute Gasteiger partial charge is 0.266 e. The van der Waals surface area contributed by atoms with Crippen LogP contribution >= 0.6 is 34.5 Å². The van der Waals surface area contributed by atoms with Crippen molar-refractivity contribution in [2.24, 2.45) is 0 Å². The molecule has 1 aromatic heterocycles. The lowest BCUT2D eigenvalue weighted by atomic mass is 10.1. The molecule has 112 valence electrons. The number of carbonyl (C=O) groups excluding carboxylic acids is 1. The Labute approximate surface area is 135 Å². The summed E-state index contributed by atoms with van der Waals surface area (Å²) in [5.41, 5.74) is 3.44. The van der Waals surface area contributed by atoms with E-state index in [9.17, 15) is 13.2 Å². The lowest BCUT2D eigenvalue weighted by Crippen LogP contribution is -2.41. The van der Waals surface area contributed by atoms with E-state index < -0.39 is 15.9 Å². The molecule has 0 spiro atoms. The fourth-order valence-corrected chi connectivity index (χ4v) is 4.44. The molecule has 0 unspecified atom stereocenters. The van der Waals surface area contributed by atoms with Crippen molar-refractivity contribution < 1.29 is 13.2 Å². The first-order chi connectivity index (χ1) is 9.79. The van der Waals surface area contributed by atoms with Crippen LogP contribution in [0.4, 0.5) is 0 Å². The number of nitrogens with one attached hydrogen (secondary N) is 2. The van der Waals surface area contributed by atoms with E-state index in [0.717, 1.165) is 16.9 Å². The van der Waals surface area contributed by atoms with Crippen LogP contribution < -0.4 is 10.3 Å². The second-order valence-electron chi connectivity index (χ2n) is 4.11. The highest BCUT2D eigenvalue weighted by Gasteiger charge is 2.21. The van der Waals surface area contributed by atoms with Crippen molar-refractivity contribution >= 4 is 50.5 Å². The Hall–Kier alpha value is -1.12. The number of carbonyl (C=O) groups is 1. The second-order valence-corrected chi connectivity index (χ2v) is 8.05. The summed E-state index contributed by atoms with van der Waals surface area (Å²) in [5.74, 6) is -0.573. The topological polar surface area (TPSA) is 75.3 Å². The Kier molecular flexibility index (Phi) is 4.90. The summed E-state index contributed by atoms with van der Waals surface area (Å²) in [7, 11) is -3.97. The van der Waals surface area contributed by atoms with Gasteiger partial charge in [-0.15, -0.1) is 16.2 Å². The number of benzene rings is 1. The maximum absolute atomic E-state index is 12.0. The summed E-state index contributed by atoms with van der Waals surface area (Å²) < 4.78 is 24.3. The fraction of sp³-hybridized carbons (Fsp3) is 0.0833. The van der Waals surface area contributed by atoms with Crippen molar-refractivity contribution in [3.05, 3.63) is 50.1 Å². The molecule has 5 nitrogen and oxygen atoms in total. The molecule has 2 aromatic rings. The normalized spacial score (nSPS) is 11.4. The summed E-state index contributed by atoms with van der Waals surface area (Å²) >= 11 is 12.4. The Balaban J connectivity index is 2.10. The molecule has 0 radical (unpaired) electrons. The minimum atomic E-state index is -3.97. The van der Waals surface area contributed by atoms with Crippen molar-refractivity contribution in [2.75, 3.05) is 0 Å². The van der Waals surface area contributed by atoms with Crippen molar-refractivity contribution in [1.82, 2.24) is 10.3 Å². The number of hydrazine groups is 1. The van der Waals surface area contributed by atoms with Crippen LogP contribution in [0, 0.1) is 6.92 Å². The van der Waals surface area contributed by atoms with E-state index >= 15 is 0 Å². The molecule has 0 fully saturated rings. The number of rotatable bonds is 4. The number of aryl methyl sites for hydroxylation is 1. The molecule has 0 aliphatic heterocycles. The molecule has 2 N–H and O–H groups in total. The van der Waals surface area contributed by atoms with Gasteiger partial charge in [-0.2, -0.15) is 0 Å². The van der Waals surface area contributed by atoms with Crippen LogP contribution in [0.2, 0.25) is 8.67 Å². The highest BCUT2D eigenvalue weighted by Crippen LogP contribution is 2.33. The SMILES string of the molecule is Cc1ccc(C(=O)NNS(=O)(=O)c2cc(Cl)sc2Cl)cc1. The molecule has 0 aliphatic carbocycles. The van der Waals surface area contributed by atoms with Crippen LogP contribution in [-0.4, -0.2) is 14.3 Å². The Morgan fingerprint density at radius 1 is 1.19 bits per heavy atom. The third-order valence-electron chi connectivity index (χ3n) is 2.53. The maximum atomic E-state index is 12.0. The van der Waals surface area contributed by atoms with Gasteiger partial charge in [0.25, 0.3) is 15.9 Å². The van der Waals surface area contributed by atoms with Gasteiger partial charge in [-0.05, 0) is 25.1 Å². The monoisotopic (exact) mass is 364 g/mol. The number of amides is 1. The van der Waals surface area contributed by atoms with Crippen LogP contribution in [0.5, 0.6) is 0 Å². The van der Waals surface area contributed by atoms with Crippen LogP contribution in [0.25, 0.3) is 0 Å². The molecule has 1 amide bonds. The summed E-state index contributed by atoms with van der Waals surface area (Å²) in [6.07, 6.45) is 0. The van der Waals surface area contributed by atoms with Crippen molar-refractivity contribution in [1.29, 1.82) is 0 Å². The first-order valence-electron chi connectivity index (χ1n) is 5.63. The minimum absolute atomic E-state index is 0.0251. The molecule has 1 heterocycles. The predicted molar refractivity (Wildman–Crippen MR) is 83.3 cm³/mol. The molecule has 0 atom stereocenters. The Bertz CT molecular complexity index is 770. The summed E-state index contributed by atoms with van der Waals surface area (Å²) in [5, 5.41) is 0. The molecule has 0 bridgehead atoms. The number of thiophene rings is 1. The molecule has 0 saturated heterocycles. The van der Waals surface area contributed by atoms with Crippen LogP contribution in [0.15, 0.2) is 35.2 Å². The standard InChI is InChI=1S/C12H10Cl2N2O3S2/c1-7-2-4-8(5-3-7)12(17)15-16-21(18,19)9-6-10(13)20-11(9)14/h2-6,16H,1H3,(H,15,17). The number of hydrogen-bond donors (Lipinski definition) is 2. The van der Waals surface area contributed by atoms with Gasteiger partial charge >= 0.3 is 0 Å². The molecular formula is C12H10Cl2N2O3S2. The first kappa shape index (κ1) is 16.3. The van der Waals surface area contributed by atoms with Gasteiger partial charge in [0, 0.05) is 5.56 Å². The molecule has 21 heavy (non-hydrogen) atoms. The molecule has 9 heteroatoms. The fourth-order valence-electron chi connectivity index (χ4n) is 1.45. The molecule has 0 aliphatic rings.